The Labute approximate surface area is 112 Å². The SMILES string of the molecule is C[C@]1(c2nc3c(COCN)cccc3[nH]2)CCCN1. The summed E-state index contributed by atoms with van der Waals surface area (Å²) in [5.74, 6) is 1.01. The van der Waals surface area contributed by atoms with Gasteiger partial charge in [0.2, 0.25) is 0 Å². The monoisotopic (exact) mass is 260 g/mol. The van der Waals surface area contributed by atoms with Crippen molar-refractivity contribution in [3.05, 3.63) is 29.6 Å². The summed E-state index contributed by atoms with van der Waals surface area (Å²) in [5.41, 5.74) is 8.47. The zero-order valence-corrected chi connectivity index (χ0v) is 11.2. The van der Waals surface area contributed by atoms with Gasteiger partial charge >= 0.3 is 0 Å². The molecule has 0 aliphatic carbocycles. The summed E-state index contributed by atoms with van der Waals surface area (Å²) in [6.07, 6.45) is 2.30. The van der Waals surface area contributed by atoms with Crippen molar-refractivity contribution in [1.29, 1.82) is 0 Å². The molecule has 0 unspecified atom stereocenters. The fraction of sp³-hybridized carbons (Fsp3) is 0.500. The van der Waals surface area contributed by atoms with Gasteiger partial charge in [-0.05, 0) is 32.4 Å². The minimum absolute atomic E-state index is 0.0367. The number of benzene rings is 1. The third kappa shape index (κ3) is 2.25. The lowest BCUT2D eigenvalue weighted by molar-refractivity contribution is 0.128. The van der Waals surface area contributed by atoms with Crippen molar-refractivity contribution in [3.8, 4) is 0 Å². The van der Waals surface area contributed by atoms with Crippen LogP contribution in [0.15, 0.2) is 18.2 Å². The van der Waals surface area contributed by atoms with Crippen molar-refractivity contribution in [2.45, 2.75) is 31.9 Å². The molecule has 1 atom stereocenters. The van der Waals surface area contributed by atoms with Crippen LogP contribution in [-0.4, -0.2) is 23.2 Å². The molecule has 19 heavy (non-hydrogen) atoms. The first-order valence-electron chi connectivity index (χ1n) is 6.74. The predicted octanol–water partition coefficient (Wildman–Crippen LogP) is 1.59. The number of H-pyrrole nitrogens is 1. The van der Waals surface area contributed by atoms with Crippen LogP contribution in [0.2, 0.25) is 0 Å². The molecule has 0 bridgehead atoms. The van der Waals surface area contributed by atoms with Crippen molar-refractivity contribution in [1.82, 2.24) is 15.3 Å². The highest BCUT2D eigenvalue weighted by molar-refractivity contribution is 5.78. The number of nitrogens with zero attached hydrogens (tertiary/aromatic N) is 1. The molecule has 3 rings (SSSR count). The number of fused-ring (bicyclic) bond motifs is 1. The van der Waals surface area contributed by atoms with Crippen molar-refractivity contribution < 1.29 is 4.74 Å². The number of hydrogen-bond acceptors (Lipinski definition) is 4. The van der Waals surface area contributed by atoms with Crippen LogP contribution in [0.25, 0.3) is 11.0 Å². The topological polar surface area (TPSA) is 76.0 Å². The normalized spacial score (nSPS) is 23.3. The lowest BCUT2D eigenvalue weighted by Gasteiger charge is -2.21. The third-order valence-electron chi connectivity index (χ3n) is 3.86. The molecule has 5 nitrogen and oxygen atoms in total. The van der Waals surface area contributed by atoms with E-state index < -0.39 is 0 Å². The molecule has 2 heterocycles. The average molecular weight is 260 g/mol. The maximum atomic E-state index is 5.39. The highest BCUT2D eigenvalue weighted by Crippen LogP contribution is 2.30. The van der Waals surface area contributed by atoms with E-state index in [1.165, 1.54) is 6.42 Å². The van der Waals surface area contributed by atoms with Gasteiger partial charge in [0.15, 0.2) is 0 Å². The van der Waals surface area contributed by atoms with Crippen LogP contribution in [0.1, 0.15) is 31.2 Å². The molecular formula is C14H20N4O. The summed E-state index contributed by atoms with van der Waals surface area (Å²) in [6.45, 7) is 3.99. The number of rotatable bonds is 4. The zero-order chi connectivity index (χ0) is 13.3. The van der Waals surface area contributed by atoms with Crippen LogP contribution in [0.4, 0.5) is 0 Å². The second-order valence-electron chi connectivity index (χ2n) is 5.28. The predicted molar refractivity (Wildman–Crippen MR) is 74.5 cm³/mol. The molecule has 102 valence electrons. The van der Waals surface area contributed by atoms with Crippen LogP contribution in [0.3, 0.4) is 0 Å². The van der Waals surface area contributed by atoms with Gasteiger partial charge in [-0.3, -0.25) is 0 Å². The van der Waals surface area contributed by atoms with Gasteiger partial charge in [-0.2, -0.15) is 0 Å². The number of nitrogens with two attached hydrogens (primary N) is 1. The summed E-state index contributed by atoms with van der Waals surface area (Å²) in [5, 5.41) is 3.53. The van der Waals surface area contributed by atoms with Crippen LogP contribution in [-0.2, 0) is 16.9 Å². The lowest BCUT2D eigenvalue weighted by atomic mass is 10.00. The van der Waals surface area contributed by atoms with Crippen LogP contribution < -0.4 is 11.1 Å². The van der Waals surface area contributed by atoms with E-state index in [1.54, 1.807) is 0 Å². The van der Waals surface area contributed by atoms with Gasteiger partial charge in [0.1, 0.15) is 5.82 Å². The zero-order valence-electron chi connectivity index (χ0n) is 11.2. The number of para-hydroxylation sites is 1. The molecule has 1 aliphatic rings. The van der Waals surface area contributed by atoms with E-state index >= 15 is 0 Å². The smallest absolute Gasteiger partial charge is 0.127 e. The maximum absolute atomic E-state index is 5.39. The van der Waals surface area contributed by atoms with Gasteiger partial charge in [0.05, 0.1) is 29.9 Å². The molecule has 1 saturated heterocycles. The molecule has 1 aliphatic heterocycles. The Kier molecular flexibility index (Phi) is 3.26. The van der Waals surface area contributed by atoms with Gasteiger partial charge < -0.3 is 20.8 Å². The molecule has 1 aromatic carbocycles. The van der Waals surface area contributed by atoms with E-state index in [1.807, 2.05) is 12.1 Å². The van der Waals surface area contributed by atoms with Gasteiger partial charge in [-0.25, -0.2) is 4.98 Å². The Balaban J connectivity index is 2.00. The van der Waals surface area contributed by atoms with Gasteiger partial charge in [0, 0.05) is 5.56 Å². The molecule has 0 radical (unpaired) electrons. The minimum atomic E-state index is -0.0367. The van der Waals surface area contributed by atoms with Gasteiger partial charge in [-0.15, -0.1) is 0 Å². The second kappa shape index (κ2) is 4.92. The first-order valence-corrected chi connectivity index (χ1v) is 6.74. The molecule has 0 saturated carbocycles. The Bertz CT molecular complexity index is 572. The first-order chi connectivity index (χ1) is 9.23. The first kappa shape index (κ1) is 12.6. The van der Waals surface area contributed by atoms with E-state index in [0.717, 1.165) is 35.4 Å². The van der Waals surface area contributed by atoms with Gasteiger partial charge in [-0.1, -0.05) is 12.1 Å². The molecule has 5 heteroatoms. The standard InChI is InChI=1S/C14H20N4O/c1-14(6-3-7-16-14)13-17-11-5-2-4-10(8-19-9-15)12(11)18-13/h2,4-5,16H,3,6-9,15H2,1H3,(H,17,18)/t14-/m1/s1. The molecular weight excluding hydrogens is 240 g/mol. The number of nitrogens with one attached hydrogen (secondary N) is 2. The largest absolute Gasteiger partial charge is 0.362 e. The molecule has 0 spiro atoms. The molecule has 2 aromatic rings. The Hall–Kier alpha value is -1.43. The van der Waals surface area contributed by atoms with Gasteiger partial charge in [0.25, 0.3) is 0 Å². The quantitative estimate of drug-likeness (QED) is 0.730. The highest BCUT2D eigenvalue weighted by Gasteiger charge is 2.33. The summed E-state index contributed by atoms with van der Waals surface area (Å²) in [6, 6.07) is 6.10. The summed E-state index contributed by atoms with van der Waals surface area (Å²) in [4.78, 5) is 8.21. The van der Waals surface area contributed by atoms with Crippen LogP contribution in [0.5, 0.6) is 0 Å². The van der Waals surface area contributed by atoms with Crippen molar-refractivity contribution in [2.75, 3.05) is 13.3 Å². The van der Waals surface area contributed by atoms with E-state index in [2.05, 4.69) is 23.3 Å². The molecule has 0 amide bonds. The maximum Gasteiger partial charge on any atom is 0.127 e. The summed E-state index contributed by atoms with van der Waals surface area (Å²) >= 11 is 0. The number of aromatic nitrogens is 2. The molecule has 4 N–H and O–H groups in total. The number of hydrogen-bond donors (Lipinski definition) is 3. The highest BCUT2D eigenvalue weighted by atomic mass is 16.5. The fourth-order valence-electron chi connectivity index (χ4n) is 2.73. The average Bonchev–Trinajstić information content (AvgIpc) is 3.03. The van der Waals surface area contributed by atoms with E-state index in [9.17, 15) is 0 Å². The Morgan fingerprint density at radius 2 is 2.37 bits per heavy atom. The minimum Gasteiger partial charge on any atom is -0.362 e. The number of imidazole rings is 1. The Morgan fingerprint density at radius 3 is 3.11 bits per heavy atom. The molecule has 1 aromatic heterocycles. The summed E-state index contributed by atoms with van der Waals surface area (Å²) < 4.78 is 5.30. The lowest BCUT2D eigenvalue weighted by Crippen LogP contribution is -2.34. The van der Waals surface area contributed by atoms with E-state index in [4.69, 9.17) is 15.5 Å². The third-order valence-corrected chi connectivity index (χ3v) is 3.86. The van der Waals surface area contributed by atoms with E-state index in [0.29, 0.717) is 6.61 Å². The fourth-order valence-corrected chi connectivity index (χ4v) is 2.73. The number of aromatic amines is 1. The number of ether oxygens (including phenoxy) is 1. The second-order valence-corrected chi connectivity index (χ2v) is 5.28. The van der Waals surface area contributed by atoms with Crippen molar-refractivity contribution in [3.63, 3.8) is 0 Å². The van der Waals surface area contributed by atoms with Crippen molar-refractivity contribution >= 4 is 11.0 Å². The Morgan fingerprint density at radius 1 is 1.47 bits per heavy atom. The molecule has 1 fully saturated rings. The van der Waals surface area contributed by atoms with Crippen molar-refractivity contribution in [2.24, 2.45) is 5.73 Å². The van der Waals surface area contributed by atoms with E-state index in [-0.39, 0.29) is 12.3 Å². The van der Waals surface area contributed by atoms with Crippen LogP contribution in [0, 0.1) is 0 Å². The summed E-state index contributed by atoms with van der Waals surface area (Å²) in [7, 11) is 0. The van der Waals surface area contributed by atoms with Crippen LogP contribution >= 0.6 is 0 Å².